The SMILES string of the molecule is CCc1nn(-c2ccc(C)cc2C)c(Cl)c1CCl. The molecule has 4 heteroatoms. The third-order valence-corrected chi connectivity index (χ3v) is 3.71. The lowest BCUT2D eigenvalue weighted by Crippen LogP contribution is -2.00. The fraction of sp³-hybridized carbons (Fsp3) is 0.357. The predicted octanol–water partition coefficient (Wildman–Crippen LogP) is 4.44. The largest absolute Gasteiger partial charge is 0.221 e. The Kier molecular flexibility index (Phi) is 3.98. The van der Waals surface area contributed by atoms with Crippen molar-refractivity contribution in [3.63, 3.8) is 0 Å². The average Bonchev–Trinajstić information content (AvgIpc) is 2.66. The highest BCUT2D eigenvalue weighted by atomic mass is 35.5. The fourth-order valence-electron chi connectivity index (χ4n) is 2.09. The molecule has 0 aliphatic carbocycles. The van der Waals surface area contributed by atoms with Crippen LogP contribution in [-0.2, 0) is 12.3 Å². The third kappa shape index (κ3) is 2.27. The first kappa shape index (κ1) is 13.4. The maximum atomic E-state index is 6.37. The van der Waals surface area contributed by atoms with Gasteiger partial charge in [-0.25, -0.2) is 4.68 Å². The van der Waals surface area contributed by atoms with E-state index in [4.69, 9.17) is 23.2 Å². The van der Waals surface area contributed by atoms with Crippen molar-refractivity contribution in [2.24, 2.45) is 0 Å². The van der Waals surface area contributed by atoms with Crippen LogP contribution in [0, 0.1) is 13.8 Å². The smallest absolute Gasteiger partial charge is 0.137 e. The Hall–Kier alpha value is -0.990. The van der Waals surface area contributed by atoms with E-state index in [1.165, 1.54) is 5.56 Å². The van der Waals surface area contributed by atoms with Gasteiger partial charge in [0.05, 0.1) is 17.3 Å². The zero-order chi connectivity index (χ0) is 13.3. The first-order valence-corrected chi connectivity index (χ1v) is 6.89. The summed E-state index contributed by atoms with van der Waals surface area (Å²) in [4.78, 5) is 0. The standard InChI is InChI=1S/C14H16Cl2N2/c1-4-12-11(8-15)14(16)18(17-12)13-6-5-9(2)7-10(13)3/h5-7H,4,8H2,1-3H3. The summed E-state index contributed by atoms with van der Waals surface area (Å²) in [5.41, 5.74) is 5.29. The summed E-state index contributed by atoms with van der Waals surface area (Å²) >= 11 is 12.3. The number of hydrogen-bond donors (Lipinski definition) is 0. The van der Waals surface area contributed by atoms with Crippen molar-refractivity contribution in [1.82, 2.24) is 9.78 Å². The number of rotatable bonds is 3. The lowest BCUT2D eigenvalue weighted by atomic mass is 10.1. The maximum Gasteiger partial charge on any atom is 0.137 e. The van der Waals surface area contributed by atoms with Crippen molar-refractivity contribution in [1.29, 1.82) is 0 Å². The van der Waals surface area contributed by atoms with E-state index in [0.717, 1.165) is 28.9 Å². The summed E-state index contributed by atoms with van der Waals surface area (Å²) in [5, 5.41) is 5.18. The fourth-order valence-corrected chi connectivity index (χ4v) is 2.74. The Morgan fingerprint density at radius 3 is 2.50 bits per heavy atom. The van der Waals surface area contributed by atoms with Gasteiger partial charge in [0.25, 0.3) is 0 Å². The van der Waals surface area contributed by atoms with Gasteiger partial charge < -0.3 is 0 Å². The summed E-state index contributed by atoms with van der Waals surface area (Å²) < 4.78 is 1.78. The molecule has 96 valence electrons. The highest BCUT2D eigenvalue weighted by molar-refractivity contribution is 6.31. The third-order valence-electron chi connectivity index (χ3n) is 3.05. The molecule has 0 bridgehead atoms. The molecule has 0 saturated heterocycles. The van der Waals surface area contributed by atoms with Crippen LogP contribution >= 0.6 is 23.2 Å². The summed E-state index contributed by atoms with van der Waals surface area (Å²) in [6.45, 7) is 6.19. The molecule has 0 atom stereocenters. The van der Waals surface area contributed by atoms with Gasteiger partial charge >= 0.3 is 0 Å². The Morgan fingerprint density at radius 1 is 1.28 bits per heavy atom. The van der Waals surface area contributed by atoms with Crippen LogP contribution in [0.1, 0.15) is 29.3 Å². The van der Waals surface area contributed by atoms with Gasteiger partial charge in [0.2, 0.25) is 0 Å². The van der Waals surface area contributed by atoms with Crippen LogP contribution in [0.15, 0.2) is 18.2 Å². The molecule has 0 saturated carbocycles. The van der Waals surface area contributed by atoms with Gasteiger partial charge in [-0.2, -0.15) is 5.10 Å². The number of hydrogen-bond acceptors (Lipinski definition) is 1. The monoisotopic (exact) mass is 282 g/mol. The highest BCUT2D eigenvalue weighted by Gasteiger charge is 2.16. The van der Waals surface area contributed by atoms with E-state index in [-0.39, 0.29) is 0 Å². The lowest BCUT2D eigenvalue weighted by molar-refractivity contribution is 0.835. The van der Waals surface area contributed by atoms with E-state index >= 15 is 0 Å². The van der Waals surface area contributed by atoms with Crippen LogP contribution in [-0.4, -0.2) is 9.78 Å². The molecule has 1 aromatic carbocycles. The molecule has 0 spiro atoms. The Bertz CT molecular complexity index is 573. The maximum absolute atomic E-state index is 6.37. The number of benzene rings is 1. The molecule has 1 aromatic heterocycles. The van der Waals surface area contributed by atoms with Gasteiger partial charge in [-0.05, 0) is 31.9 Å². The second kappa shape index (κ2) is 5.33. The Labute approximate surface area is 118 Å². The summed E-state index contributed by atoms with van der Waals surface area (Å²) in [5.74, 6) is 0.396. The first-order chi connectivity index (χ1) is 8.58. The lowest BCUT2D eigenvalue weighted by Gasteiger charge is -2.08. The molecule has 2 rings (SSSR count). The normalized spacial score (nSPS) is 10.9. The molecule has 0 fully saturated rings. The molecule has 0 aliphatic rings. The van der Waals surface area contributed by atoms with E-state index in [9.17, 15) is 0 Å². The van der Waals surface area contributed by atoms with Crippen LogP contribution in [0.5, 0.6) is 0 Å². The molecule has 2 aromatic rings. The average molecular weight is 283 g/mol. The minimum Gasteiger partial charge on any atom is -0.221 e. The van der Waals surface area contributed by atoms with E-state index in [1.807, 2.05) is 6.07 Å². The summed E-state index contributed by atoms with van der Waals surface area (Å²) in [6, 6.07) is 6.23. The molecule has 0 radical (unpaired) electrons. The van der Waals surface area contributed by atoms with Gasteiger partial charge in [0, 0.05) is 5.56 Å². The quantitative estimate of drug-likeness (QED) is 0.761. The van der Waals surface area contributed by atoms with Crippen LogP contribution in [0.25, 0.3) is 5.69 Å². The minimum absolute atomic E-state index is 0.396. The molecule has 0 N–H and O–H groups in total. The van der Waals surface area contributed by atoms with Crippen molar-refractivity contribution in [2.75, 3.05) is 0 Å². The number of aromatic nitrogens is 2. The second-order valence-corrected chi connectivity index (χ2v) is 5.03. The Balaban J connectivity index is 2.60. The molecule has 0 amide bonds. The second-order valence-electron chi connectivity index (χ2n) is 4.40. The van der Waals surface area contributed by atoms with E-state index in [2.05, 4.69) is 38.0 Å². The van der Waals surface area contributed by atoms with Crippen LogP contribution in [0.2, 0.25) is 5.15 Å². The van der Waals surface area contributed by atoms with Crippen molar-refractivity contribution >= 4 is 23.2 Å². The molecule has 2 nitrogen and oxygen atoms in total. The van der Waals surface area contributed by atoms with E-state index < -0.39 is 0 Å². The predicted molar refractivity (Wildman–Crippen MR) is 77.0 cm³/mol. The van der Waals surface area contributed by atoms with Crippen LogP contribution in [0.3, 0.4) is 0 Å². The topological polar surface area (TPSA) is 17.8 Å². The summed E-state index contributed by atoms with van der Waals surface area (Å²) in [7, 11) is 0. The molecule has 1 heterocycles. The van der Waals surface area contributed by atoms with Gasteiger partial charge in [0.15, 0.2) is 0 Å². The molecule has 18 heavy (non-hydrogen) atoms. The van der Waals surface area contributed by atoms with Gasteiger partial charge in [-0.3, -0.25) is 0 Å². The zero-order valence-electron chi connectivity index (χ0n) is 10.8. The highest BCUT2D eigenvalue weighted by Crippen LogP contribution is 2.27. The van der Waals surface area contributed by atoms with Gasteiger partial charge in [0.1, 0.15) is 5.15 Å². The van der Waals surface area contributed by atoms with Gasteiger partial charge in [-0.15, -0.1) is 11.6 Å². The molecule has 0 aliphatic heterocycles. The molecular weight excluding hydrogens is 267 g/mol. The van der Waals surface area contributed by atoms with Crippen molar-refractivity contribution in [3.05, 3.63) is 45.7 Å². The van der Waals surface area contributed by atoms with Gasteiger partial charge in [-0.1, -0.05) is 36.2 Å². The Morgan fingerprint density at radius 2 is 2.00 bits per heavy atom. The van der Waals surface area contributed by atoms with Crippen molar-refractivity contribution in [3.8, 4) is 5.69 Å². The molecule has 0 unspecified atom stereocenters. The van der Waals surface area contributed by atoms with Crippen molar-refractivity contribution in [2.45, 2.75) is 33.1 Å². The zero-order valence-corrected chi connectivity index (χ0v) is 12.3. The first-order valence-electron chi connectivity index (χ1n) is 5.98. The van der Waals surface area contributed by atoms with Crippen LogP contribution in [0.4, 0.5) is 0 Å². The number of halogens is 2. The summed E-state index contributed by atoms with van der Waals surface area (Å²) in [6.07, 6.45) is 0.833. The van der Waals surface area contributed by atoms with Crippen molar-refractivity contribution < 1.29 is 0 Å². The van der Waals surface area contributed by atoms with E-state index in [0.29, 0.717) is 11.0 Å². The number of nitrogens with zero attached hydrogens (tertiary/aromatic N) is 2. The minimum atomic E-state index is 0.396. The molecular formula is C14H16Cl2N2. The number of aryl methyl sites for hydroxylation is 3. The van der Waals surface area contributed by atoms with E-state index in [1.54, 1.807) is 4.68 Å². The number of alkyl halides is 1. The van der Waals surface area contributed by atoms with Crippen LogP contribution < -0.4 is 0 Å².